The third kappa shape index (κ3) is 5.52. The second kappa shape index (κ2) is 10.0. The first-order valence-electron chi connectivity index (χ1n) is 9.37. The summed E-state index contributed by atoms with van der Waals surface area (Å²) in [5.41, 5.74) is 0.521. The zero-order chi connectivity index (χ0) is 19.8. The molecule has 7 nitrogen and oxygen atoms in total. The van der Waals surface area contributed by atoms with Crippen LogP contribution in [0.1, 0.15) is 45.4 Å². The van der Waals surface area contributed by atoms with Gasteiger partial charge in [-0.25, -0.2) is 0 Å². The van der Waals surface area contributed by atoms with Gasteiger partial charge in [-0.3, -0.25) is 9.59 Å². The van der Waals surface area contributed by atoms with Gasteiger partial charge in [0.2, 0.25) is 17.6 Å². The number of anilines is 1. The molecule has 1 aromatic carbocycles. The molecule has 1 aromatic rings. The molecule has 7 heteroatoms. The number of hydrogen-bond donors (Lipinski definition) is 1. The summed E-state index contributed by atoms with van der Waals surface area (Å²) in [6.45, 7) is 1.38. The smallest absolute Gasteiger partial charge is 0.240 e. The summed E-state index contributed by atoms with van der Waals surface area (Å²) < 4.78 is 16.0. The van der Waals surface area contributed by atoms with Crippen molar-refractivity contribution in [1.29, 1.82) is 0 Å². The maximum Gasteiger partial charge on any atom is 0.240 e. The largest absolute Gasteiger partial charge is 0.493 e. The summed E-state index contributed by atoms with van der Waals surface area (Å²) in [6, 6.07) is 3.53. The normalized spacial score (nSPS) is 14.8. The molecule has 1 aliphatic carbocycles. The zero-order valence-corrected chi connectivity index (χ0v) is 16.7. The molecule has 150 valence electrons. The van der Waals surface area contributed by atoms with E-state index < -0.39 is 0 Å². The Morgan fingerprint density at radius 2 is 1.56 bits per heavy atom. The van der Waals surface area contributed by atoms with E-state index in [1.54, 1.807) is 12.1 Å². The van der Waals surface area contributed by atoms with Crippen molar-refractivity contribution in [3.05, 3.63) is 12.1 Å². The fraction of sp³-hybridized carbons (Fsp3) is 0.600. The van der Waals surface area contributed by atoms with Crippen LogP contribution < -0.4 is 24.4 Å². The molecule has 0 aromatic heterocycles. The van der Waals surface area contributed by atoms with E-state index in [-0.39, 0.29) is 24.4 Å². The van der Waals surface area contributed by atoms with E-state index in [0.717, 1.165) is 25.7 Å². The summed E-state index contributed by atoms with van der Waals surface area (Å²) in [5, 5.41) is 3.07. The average Bonchev–Trinajstić information content (AvgIpc) is 2.93. The Kier molecular flexibility index (Phi) is 7.76. The molecule has 1 aliphatic rings. The van der Waals surface area contributed by atoms with Crippen LogP contribution in [-0.2, 0) is 9.59 Å². The Hall–Kier alpha value is -2.44. The third-order valence-electron chi connectivity index (χ3n) is 4.86. The number of methoxy groups -OCH3 is 3. The van der Waals surface area contributed by atoms with Crippen molar-refractivity contribution >= 4 is 17.5 Å². The van der Waals surface area contributed by atoms with Gasteiger partial charge in [-0.05, 0) is 12.8 Å². The van der Waals surface area contributed by atoms with Crippen molar-refractivity contribution in [2.75, 3.05) is 32.8 Å². The van der Waals surface area contributed by atoms with Gasteiger partial charge in [-0.15, -0.1) is 0 Å². The van der Waals surface area contributed by atoms with E-state index in [9.17, 15) is 9.59 Å². The zero-order valence-electron chi connectivity index (χ0n) is 16.7. The molecular formula is C20H30N2O5. The van der Waals surface area contributed by atoms with Crippen molar-refractivity contribution in [3.63, 3.8) is 0 Å². The molecule has 0 spiro atoms. The highest BCUT2D eigenvalue weighted by atomic mass is 16.5. The summed E-state index contributed by atoms with van der Waals surface area (Å²) in [6.07, 6.45) is 6.70. The van der Waals surface area contributed by atoms with E-state index in [4.69, 9.17) is 14.2 Å². The number of rotatable bonds is 7. The number of nitrogens with one attached hydrogen (secondary N) is 1. The van der Waals surface area contributed by atoms with E-state index >= 15 is 0 Å². The number of amides is 2. The molecule has 0 bridgehead atoms. The van der Waals surface area contributed by atoms with Gasteiger partial charge in [0.1, 0.15) is 6.54 Å². The predicted octanol–water partition coefficient (Wildman–Crippen LogP) is 2.90. The monoisotopic (exact) mass is 378 g/mol. The number of ether oxygens (including phenoxy) is 3. The highest BCUT2D eigenvalue weighted by Gasteiger charge is 2.22. The van der Waals surface area contributed by atoms with Crippen LogP contribution in [0.25, 0.3) is 0 Å². The SMILES string of the molecule is COc1cc(N(CC(=O)NC2CCCCCC2)C(C)=O)cc(OC)c1OC. The molecule has 1 N–H and O–H groups in total. The Labute approximate surface area is 161 Å². The van der Waals surface area contributed by atoms with Gasteiger partial charge < -0.3 is 24.4 Å². The summed E-state index contributed by atoms with van der Waals surface area (Å²) >= 11 is 0. The van der Waals surface area contributed by atoms with Crippen LogP contribution in [0.3, 0.4) is 0 Å². The van der Waals surface area contributed by atoms with Crippen LogP contribution in [-0.4, -0.2) is 45.7 Å². The van der Waals surface area contributed by atoms with Gasteiger partial charge in [-0.1, -0.05) is 25.7 Å². The van der Waals surface area contributed by atoms with Crippen LogP contribution in [0.15, 0.2) is 12.1 Å². The first-order valence-corrected chi connectivity index (χ1v) is 9.37. The number of nitrogens with zero attached hydrogens (tertiary/aromatic N) is 1. The van der Waals surface area contributed by atoms with Gasteiger partial charge in [0.05, 0.1) is 27.0 Å². The minimum Gasteiger partial charge on any atom is -0.493 e. The number of carbonyl (C=O) groups excluding carboxylic acids is 2. The van der Waals surface area contributed by atoms with Crippen LogP contribution in [0.2, 0.25) is 0 Å². The second-order valence-electron chi connectivity index (χ2n) is 6.74. The lowest BCUT2D eigenvalue weighted by atomic mass is 10.1. The average molecular weight is 378 g/mol. The maximum absolute atomic E-state index is 12.6. The standard InChI is InChI=1S/C20H30N2O5/c1-14(23)22(13-19(24)21-15-9-7-5-6-8-10-15)16-11-17(25-2)20(27-4)18(12-16)26-3/h11-12,15H,5-10,13H2,1-4H3,(H,21,24). The Morgan fingerprint density at radius 3 is 2.00 bits per heavy atom. The molecule has 1 fully saturated rings. The fourth-order valence-electron chi connectivity index (χ4n) is 3.45. The van der Waals surface area contributed by atoms with Crippen LogP contribution in [0.5, 0.6) is 17.2 Å². The van der Waals surface area contributed by atoms with Gasteiger partial charge >= 0.3 is 0 Å². The minimum absolute atomic E-state index is 0.0511. The number of carbonyl (C=O) groups is 2. The summed E-state index contributed by atoms with van der Waals surface area (Å²) in [7, 11) is 4.54. The molecule has 0 radical (unpaired) electrons. The van der Waals surface area contributed by atoms with E-state index in [1.807, 2.05) is 0 Å². The Balaban J connectivity index is 2.19. The lowest BCUT2D eigenvalue weighted by Gasteiger charge is -2.24. The molecule has 0 heterocycles. The lowest BCUT2D eigenvalue weighted by molar-refractivity contribution is -0.123. The summed E-state index contributed by atoms with van der Waals surface area (Å²) in [4.78, 5) is 26.2. The molecule has 0 aliphatic heterocycles. The summed E-state index contributed by atoms with van der Waals surface area (Å²) in [5.74, 6) is 0.908. The van der Waals surface area contributed by atoms with Crippen LogP contribution >= 0.6 is 0 Å². The molecule has 2 rings (SSSR count). The van der Waals surface area contributed by atoms with Gasteiger partial charge in [0.15, 0.2) is 11.5 Å². The van der Waals surface area contributed by atoms with Crippen LogP contribution in [0, 0.1) is 0 Å². The second-order valence-corrected chi connectivity index (χ2v) is 6.74. The Morgan fingerprint density at radius 1 is 1.00 bits per heavy atom. The minimum atomic E-state index is -0.236. The lowest BCUT2D eigenvalue weighted by Crippen LogP contribution is -2.43. The number of benzene rings is 1. The first-order chi connectivity index (χ1) is 13.0. The third-order valence-corrected chi connectivity index (χ3v) is 4.86. The van der Waals surface area contributed by atoms with Crippen molar-refractivity contribution < 1.29 is 23.8 Å². The van der Waals surface area contributed by atoms with E-state index in [1.165, 1.54) is 46.0 Å². The van der Waals surface area contributed by atoms with E-state index in [2.05, 4.69) is 5.32 Å². The Bertz CT molecular complexity index is 629. The van der Waals surface area contributed by atoms with Crippen molar-refractivity contribution in [1.82, 2.24) is 5.32 Å². The molecule has 0 atom stereocenters. The first kappa shape index (κ1) is 20.9. The molecule has 0 saturated heterocycles. The highest BCUT2D eigenvalue weighted by molar-refractivity contribution is 5.98. The molecule has 2 amide bonds. The maximum atomic E-state index is 12.6. The predicted molar refractivity (Wildman–Crippen MR) is 104 cm³/mol. The van der Waals surface area contributed by atoms with Gasteiger partial charge in [0, 0.05) is 25.1 Å². The number of hydrogen-bond acceptors (Lipinski definition) is 5. The topological polar surface area (TPSA) is 77.1 Å². The molecule has 1 saturated carbocycles. The van der Waals surface area contributed by atoms with Gasteiger partial charge in [0.25, 0.3) is 0 Å². The molecular weight excluding hydrogens is 348 g/mol. The van der Waals surface area contributed by atoms with Gasteiger partial charge in [-0.2, -0.15) is 0 Å². The van der Waals surface area contributed by atoms with Crippen molar-refractivity contribution in [2.24, 2.45) is 0 Å². The molecule has 0 unspecified atom stereocenters. The van der Waals surface area contributed by atoms with Crippen LogP contribution in [0.4, 0.5) is 5.69 Å². The van der Waals surface area contributed by atoms with Crippen molar-refractivity contribution in [3.8, 4) is 17.2 Å². The van der Waals surface area contributed by atoms with E-state index in [0.29, 0.717) is 22.9 Å². The quantitative estimate of drug-likeness (QED) is 0.738. The fourth-order valence-corrected chi connectivity index (χ4v) is 3.45. The van der Waals surface area contributed by atoms with Crippen molar-refractivity contribution in [2.45, 2.75) is 51.5 Å². The molecule has 27 heavy (non-hydrogen) atoms. The highest BCUT2D eigenvalue weighted by Crippen LogP contribution is 2.41.